The predicted octanol–water partition coefficient (Wildman–Crippen LogP) is 3.92. The van der Waals surface area contributed by atoms with Crippen LogP contribution in [0.1, 0.15) is 35.8 Å². The molecular weight excluding hydrogens is 352 g/mol. The van der Waals surface area contributed by atoms with Crippen molar-refractivity contribution in [3.63, 3.8) is 0 Å². The van der Waals surface area contributed by atoms with Crippen LogP contribution in [0.2, 0.25) is 5.02 Å². The molecule has 0 fully saturated rings. The van der Waals surface area contributed by atoms with Crippen molar-refractivity contribution in [2.45, 2.75) is 26.7 Å². The molecular formula is C19H21ClN4O2. The Kier molecular flexibility index (Phi) is 5.42. The van der Waals surface area contributed by atoms with Crippen LogP contribution in [-0.2, 0) is 0 Å². The highest BCUT2D eigenvalue weighted by Gasteiger charge is 2.19. The normalized spacial score (nSPS) is 10.9. The van der Waals surface area contributed by atoms with E-state index in [-0.39, 0.29) is 5.91 Å². The number of benzene rings is 1. The number of amides is 1. The molecule has 26 heavy (non-hydrogen) atoms. The number of fused-ring (bicyclic) bond motifs is 1. The number of carbonyl (C=O) groups excluding carboxylic acids is 1. The van der Waals surface area contributed by atoms with Gasteiger partial charge in [-0.2, -0.15) is 5.10 Å². The number of ether oxygens (including phenoxy) is 1. The zero-order valence-corrected chi connectivity index (χ0v) is 15.8. The molecule has 0 atom stereocenters. The minimum absolute atomic E-state index is 0.216. The number of aryl methyl sites for hydroxylation is 1. The van der Waals surface area contributed by atoms with E-state index in [2.05, 4.69) is 22.3 Å². The number of rotatable bonds is 6. The lowest BCUT2D eigenvalue weighted by atomic mass is 10.2. The second kappa shape index (κ2) is 7.74. The number of hydrogen-bond donors (Lipinski definition) is 1. The first-order valence-corrected chi connectivity index (χ1v) is 8.91. The Morgan fingerprint density at radius 2 is 2.19 bits per heavy atom. The second-order valence-electron chi connectivity index (χ2n) is 5.99. The van der Waals surface area contributed by atoms with Crippen LogP contribution < -0.4 is 10.1 Å². The van der Waals surface area contributed by atoms with Crippen LogP contribution in [0.3, 0.4) is 0 Å². The Bertz CT molecular complexity index is 952. The summed E-state index contributed by atoms with van der Waals surface area (Å²) in [5, 5.41) is 8.48. The zero-order valence-electron chi connectivity index (χ0n) is 15.0. The number of pyridine rings is 1. The molecule has 0 aliphatic carbocycles. The van der Waals surface area contributed by atoms with Crippen molar-refractivity contribution < 1.29 is 9.53 Å². The van der Waals surface area contributed by atoms with Gasteiger partial charge in [-0.25, -0.2) is 9.67 Å². The molecule has 3 aromatic rings. The number of aromatic nitrogens is 3. The molecule has 7 heteroatoms. The van der Waals surface area contributed by atoms with E-state index in [9.17, 15) is 4.79 Å². The summed E-state index contributed by atoms with van der Waals surface area (Å²) in [6.45, 7) is 4.54. The van der Waals surface area contributed by atoms with Gasteiger partial charge in [-0.15, -0.1) is 0 Å². The molecule has 0 aliphatic rings. The van der Waals surface area contributed by atoms with Crippen molar-refractivity contribution in [1.29, 1.82) is 0 Å². The number of halogens is 1. The molecule has 1 aromatic carbocycles. The van der Waals surface area contributed by atoms with Gasteiger partial charge in [-0.1, -0.05) is 31.0 Å². The molecule has 2 aromatic heterocycles. The maximum Gasteiger partial charge on any atom is 0.254 e. The fourth-order valence-electron chi connectivity index (χ4n) is 2.76. The Labute approximate surface area is 157 Å². The van der Waals surface area contributed by atoms with Gasteiger partial charge in [0.05, 0.1) is 34.5 Å². The van der Waals surface area contributed by atoms with Gasteiger partial charge < -0.3 is 10.1 Å². The largest absolute Gasteiger partial charge is 0.497 e. The van der Waals surface area contributed by atoms with Crippen LogP contribution >= 0.6 is 11.6 Å². The van der Waals surface area contributed by atoms with E-state index in [1.807, 2.05) is 31.2 Å². The summed E-state index contributed by atoms with van der Waals surface area (Å²) < 4.78 is 6.98. The summed E-state index contributed by atoms with van der Waals surface area (Å²) >= 11 is 6.54. The molecule has 0 unspecified atom stereocenters. The van der Waals surface area contributed by atoms with Crippen molar-refractivity contribution >= 4 is 28.5 Å². The first kappa shape index (κ1) is 18.2. The molecule has 1 amide bonds. The van der Waals surface area contributed by atoms with Gasteiger partial charge >= 0.3 is 0 Å². The Morgan fingerprint density at radius 1 is 1.38 bits per heavy atom. The van der Waals surface area contributed by atoms with E-state index in [1.54, 1.807) is 11.8 Å². The van der Waals surface area contributed by atoms with Crippen LogP contribution in [0, 0.1) is 6.92 Å². The molecule has 1 N–H and O–H groups in total. The highest BCUT2D eigenvalue weighted by Crippen LogP contribution is 2.30. The minimum Gasteiger partial charge on any atom is -0.497 e. The summed E-state index contributed by atoms with van der Waals surface area (Å²) in [5.41, 5.74) is 2.49. The third kappa shape index (κ3) is 3.37. The van der Waals surface area contributed by atoms with Gasteiger partial charge in [0.2, 0.25) is 0 Å². The van der Waals surface area contributed by atoms with Crippen LogP contribution in [-0.4, -0.2) is 34.3 Å². The van der Waals surface area contributed by atoms with Gasteiger partial charge in [0.1, 0.15) is 5.75 Å². The van der Waals surface area contributed by atoms with E-state index in [4.69, 9.17) is 16.3 Å². The molecule has 3 rings (SSSR count). The van der Waals surface area contributed by atoms with Crippen LogP contribution in [0.5, 0.6) is 5.75 Å². The van der Waals surface area contributed by atoms with Crippen molar-refractivity contribution in [3.8, 4) is 11.4 Å². The summed E-state index contributed by atoms with van der Waals surface area (Å²) in [7, 11) is 1.62. The fraction of sp³-hybridized carbons (Fsp3) is 0.316. The molecule has 0 radical (unpaired) electrons. The topological polar surface area (TPSA) is 69.0 Å². The van der Waals surface area contributed by atoms with Crippen LogP contribution in [0.25, 0.3) is 16.7 Å². The molecule has 0 aliphatic heterocycles. The highest BCUT2D eigenvalue weighted by molar-refractivity contribution is 6.38. The van der Waals surface area contributed by atoms with Gasteiger partial charge in [-0.05, 0) is 25.5 Å². The van der Waals surface area contributed by atoms with E-state index in [0.29, 0.717) is 33.9 Å². The number of unbranched alkanes of at least 4 members (excludes halogenated alkanes) is 1. The number of hydrogen-bond acceptors (Lipinski definition) is 4. The predicted molar refractivity (Wildman–Crippen MR) is 102 cm³/mol. The van der Waals surface area contributed by atoms with Crippen LogP contribution in [0.15, 0.2) is 30.5 Å². The van der Waals surface area contributed by atoms with Gasteiger partial charge in [0.25, 0.3) is 5.91 Å². The second-order valence-corrected chi connectivity index (χ2v) is 6.37. The fourth-order valence-corrected chi connectivity index (χ4v) is 3.12. The third-order valence-corrected chi connectivity index (χ3v) is 4.56. The third-order valence-electron chi connectivity index (χ3n) is 4.17. The number of nitrogens with one attached hydrogen (secondary N) is 1. The molecule has 0 saturated heterocycles. The zero-order chi connectivity index (χ0) is 18.7. The van der Waals surface area contributed by atoms with E-state index in [0.717, 1.165) is 24.3 Å². The Morgan fingerprint density at radius 3 is 2.92 bits per heavy atom. The van der Waals surface area contributed by atoms with E-state index in [1.165, 1.54) is 6.20 Å². The Balaban J connectivity index is 2.05. The van der Waals surface area contributed by atoms with Gasteiger partial charge in [-0.3, -0.25) is 4.79 Å². The van der Waals surface area contributed by atoms with E-state index >= 15 is 0 Å². The maximum atomic E-state index is 12.4. The lowest BCUT2D eigenvalue weighted by molar-refractivity contribution is 0.0953. The molecule has 0 saturated carbocycles. The lowest BCUT2D eigenvalue weighted by Gasteiger charge is -2.08. The average molecular weight is 373 g/mol. The number of methoxy groups -OCH3 is 1. The highest BCUT2D eigenvalue weighted by atomic mass is 35.5. The SMILES string of the molecule is CCCCNC(=O)c1cnc2c(c(C)nn2-c2cccc(OC)c2)c1Cl. The van der Waals surface area contributed by atoms with Crippen LogP contribution in [0.4, 0.5) is 0 Å². The lowest BCUT2D eigenvalue weighted by Crippen LogP contribution is -2.24. The monoisotopic (exact) mass is 372 g/mol. The van der Waals surface area contributed by atoms with Crippen molar-refractivity contribution in [3.05, 3.63) is 46.7 Å². The van der Waals surface area contributed by atoms with Gasteiger partial charge in [0, 0.05) is 18.8 Å². The minimum atomic E-state index is -0.216. The molecule has 2 heterocycles. The van der Waals surface area contributed by atoms with Crippen molar-refractivity contribution in [1.82, 2.24) is 20.1 Å². The van der Waals surface area contributed by atoms with Crippen molar-refractivity contribution in [2.24, 2.45) is 0 Å². The summed E-state index contributed by atoms with van der Waals surface area (Å²) in [4.78, 5) is 16.8. The number of nitrogens with zero attached hydrogens (tertiary/aromatic N) is 3. The average Bonchev–Trinajstić information content (AvgIpc) is 2.99. The quantitative estimate of drug-likeness (QED) is 0.666. The van der Waals surface area contributed by atoms with Gasteiger partial charge in [0.15, 0.2) is 5.65 Å². The first-order chi connectivity index (χ1) is 12.6. The first-order valence-electron chi connectivity index (χ1n) is 8.53. The maximum absolute atomic E-state index is 12.4. The standard InChI is InChI=1S/C19H21ClN4O2/c1-4-5-9-21-19(25)15-11-22-18-16(17(15)20)12(2)23-24(18)13-7-6-8-14(10-13)26-3/h6-8,10-11H,4-5,9H2,1-3H3,(H,21,25). The molecule has 0 bridgehead atoms. The Hall–Kier alpha value is -2.60. The smallest absolute Gasteiger partial charge is 0.254 e. The summed E-state index contributed by atoms with van der Waals surface area (Å²) in [6, 6.07) is 7.53. The summed E-state index contributed by atoms with van der Waals surface area (Å²) in [6.07, 6.45) is 3.44. The molecule has 136 valence electrons. The van der Waals surface area contributed by atoms with E-state index < -0.39 is 0 Å². The summed E-state index contributed by atoms with van der Waals surface area (Å²) in [5.74, 6) is 0.508. The molecule has 6 nitrogen and oxygen atoms in total. The number of carbonyl (C=O) groups is 1. The molecule has 0 spiro atoms. The van der Waals surface area contributed by atoms with Crippen molar-refractivity contribution in [2.75, 3.05) is 13.7 Å².